The van der Waals surface area contributed by atoms with Crippen LogP contribution in [-0.2, 0) is 4.79 Å². The largest absolute Gasteiger partial charge is 0.318 e. The molecule has 0 aliphatic carbocycles. The second kappa shape index (κ2) is 8.01. The number of nitrogens with zero attached hydrogens (tertiary/aromatic N) is 3. The first-order chi connectivity index (χ1) is 12.8. The van der Waals surface area contributed by atoms with Crippen LogP contribution in [0.25, 0.3) is 5.69 Å². The molecule has 3 rings (SSSR count). The van der Waals surface area contributed by atoms with Gasteiger partial charge in [-0.25, -0.2) is 4.39 Å². The zero-order valence-corrected chi connectivity index (χ0v) is 16.6. The normalized spacial score (nSPS) is 10.8. The Morgan fingerprint density at radius 2 is 1.93 bits per heavy atom. The highest BCUT2D eigenvalue weighted by Gasteiger charge is 2.18. The molecule has 2 heterocycles. The summed E-state index contributed by atoms with van der Waals surface area (Å²) in [6.07, 6.45) is 0. The number of carbonyl (C=O) groups excluding carboxylic acids is 2. The average molecular weight is 404 g/mol. The van der Waals surface area contributed by atoms with E-state index in [-0.39, 0.29) is 23.3 Å². The topological polar surface area (TPSA) is 76.9 Å². The van der Waals surface area contributed by atoms with Crippen LogP contribution in [0, 0.1) is 19.7 Å². The number of nitrogens with one attached hydrogen (secondary N) is 1. The Hall–Kier alpha value is -2.52. The number of aromatic nitrogens is 3. The minimum atomic E-state index is -0.301. The summed E-state index contributed by atoms with van der Waals surface area (Å²) in [6.45, 7) is 5.17. The summed E-state index contributed by atoms with van der Waals surface area (Å²) in [7, 11) is 0. The van der Waals surface area contributed by atoms with Crippen LogP contribution in [0.5, 0.6) is 0 Å². The van der Waals surface area contributed by atoms with Crippen LogP contribution in [0.2, 0.25) is 0 Å². The number of Topliss-reactive ketones (excluding diaryl/α,β-unsaturated/α-hetero) is 1. The summed E-state index contributed by atoms with van der Waals surface area (Å²) in [4.78, 5) is 23.7. The lowest BCUT2D eigenvalue weighted by Gasteiger charge is -2.09. The van der Waals surface area contributed by atoms with Gasteiger partial charge in [0.25, 0.3) is 0 Å². The molecule has 0 aliphatic rings. The van der Waals surface area contributed by atoms with E-state index in [0.29, 0.717) is 15.0 Å². The van der Waals surface area contributed by atoms with E-state index in [1.807, 2.05) is 24.5 Å². The zero-order valence-electron chi connectivity index (χ0n) is 14.9. The number of rotatable bonds is 6. The number of anilines is 1. The van der Waals surface area contributed by atoms with Gasteiger partial charge in [-0.05, 0) is 44.2 Å². The number of carbonyl (C=O) groups is 2. The van der Waals surface area contributed by atoms with Crippen LogP contribution < -0.4 is 5.32 Å². The van der Waals surface area contributed by atoms with Gasteiger partial charge in [0.05, 0.1) is 5.75 Å². The van der Waals surface area contributed by atoms with Crippen molar-refractivity contribution in [3.05, 3.63) is 53.1 Å². The number of benzene rings is 1. The van der Waals surface area contributed by atoms with Crippen molar-refractivity contribution in [3.63, 3.8) is 0 Å². The number of hydrogen-bond acceptors (Lipinski definition) is 6. The highest BCUT2D eigenvalue weighted by Crippen LogP contribution is 2.28. The van der Waals surface area contributed by atoms with Crippen molar-refractivity contribution in [2.75, 3.05) is 11.1 Å². The van der Waals surface area contributed by atoms with Crippen LogP contribution in [0.15, 0.2) is 34.7 Å². The van der Waals surface area contributed by atoms with E-state index >= 15 is 0 Å². The highest BCUT2D eigenvalue weighted by atomic mass is 32.2. The Morgan fingerprint density at radius 3 is 2.59 bits per heavy atom. The van der Waals surface area contributed by atoms with E-state index in [1.165, 1.54) is 42.2 Å². The molecule has 1 aromatic carbocycles. The van der Waals surface area contributed by atoms with Crippen molar-refractivity contribution in [2.45, 2.75) is 25.1 Å². The molecule has 27 heavy (non-hydrogen) atoms. The summed E-state index contributed by atoms with van der Waals surface area (Å²) < 4.78 is 15.7. The monoisotopic (exact) mass is 404 g/mol. The van der Waals surface area contributed by atoms with E-state index in [9.17, 15) is 14.0 Å². The summed E-state index contributed by atoms with van der Waals surface area (Å²) in [5.74, 6) is -0.336. The van der Waals surface area contributed by atoms with Crippen molar-refractivity contribution in [2.24, 2.45) is 0 Å². The first-order valence-corrected chi connectivity index (χ1v) is 9.87. The van der Waals surface area contributed by atoms with Gasteiger partial charge in [0.15, 0.2) is 10.1 Å². The van der Waals surface area contributed by atoms with Crippen molar-refractivity contribution in [1.82, 2.24) is 14.8 Å². The molecule has 3 aromatic rings. The fourth-order valence-electron chi connectivity index (χ4n) is 2.71. The minimum absolute atomic E-state index is 0.0299. The minimum Gasteiger partial charge on any atom is -0.318 e. The van der Waals surface area contributed by atoms with E-state index < -0.39 is 0 Å². The zero-order chi connectivity index (χ0) is 19.6. The number of ketones is 1. The quantitative estimate of drug-likeness (QED) is 0.381. The lowest BCUT2D eigenvalue weighted by molar-refractivity contribution is -0.114. The smallest absolute Gasteiger partial charge is 0.223 e. The lowest BCUT2D eigenvalue weighted by atomic mass is 10.2. The number of hydrogen-bond donors (Lipinski definition) is 1. The Morgan fingerprint density at radius 1 is 1.22 bits per heavy atom. The van der Waals surface area contributed by atoms with E-state index in [1.54, 1.807) is 12.1 Å². The predicted octanol–water partition coefficient (Wildman–Crippen LogP) is 4.02. The van der Waals surface area contributed by atoms with Gasteiger partial charge >= 0.3 is 0 Å². The van der Waals surface area contributed by atoms with E-state index in [0.717, 1.165) is 17.1 Å². The molecule has 0 fully saturated rings. The maximum absolute atomic E-state index is 13.2. The van der Waals surface area contributed by atoms with Gasteiger partial charge < -0.3 is 9.88 Å². The molecule has 0 radical (unpaired) electrons. The van der Waals surface area contributed by atoms with Crippen LogP contribution in [0.3, 0.4) is 0 Å². The van der Waals surface area contributed by atoms with Crippen molar-refractivity contribution >= 4 is 39.9 Å². The molecular weight excluding hydrogens is 387 g/mol. The van der Waals surface area contributed by atoms with Gasteiger partial charge in [0.2, 0.25) is 11.0 Å². The van der Waals surface area contributed by atoms with E-state index in [4.69, 9.17) is 0 Å². The molecule has 2 aromatic heterocycles. The number of thioether (sulfide) groups is 1. The van der Waals surface area contributed by atoms with Gasteiger partial charge in [-0.1, -0.05) is 23.1 Å². The number of aryl methyl sites for hydroxylation is 1. The molecule has 0 unspecified atom stereocenters. The fraction of sp³-hybridized carbons (Fsp3) is 0.222. The average Bonchev–Trinajstić information content (AvgIpc) is 3.17. The molecule has 1 amide bonds. The molecule has 0 atom stereocenters. The molecule has 0 saturated carbocycles. The van der Waals surface area contributed by atoms with Crippen molar-refractivity contribution in [1.29, 1.82) is 0 Å². The van der Waals surface area contributed by atoms with Crippen LogP contribution in [-0.4, -0.2) is 32.2 Å². The molecule has 140 valence electrons. The predicted molar refractivity (Wildman–Crippen MR) is 104 cm³/mol. The van der Waals surface area contributed by atoms with Crippen LogP contribution >= 0.6 is 23.1 Å². The van der Waals surface area contributed by atoms with E-state index in [2.05, 4.69) is 15.5 Å². The van der Waals surface area contributed by atoms with Crippen LogP contribution in [0.1, 0.15) is 28.7 Å². The molecule has 1 N–H and O–H groups in total. The Balaban J connectivity index is 1.74. The summed E-state index contributed by atoms with van der Waals surface area (Å²) in [6, 6.07) is 8.00. The molecule has 0 spiro atoms. The SMILES string of the molecule is CC(=O)Nc1nnc(SCC(=O)c2cc(C)n(-c3ccc(F)cc3)c2C)s1. The maximum Gasteiger partial charge on any atom is 0.223 e. The number of halogens is 1. The third kappa shape index (κ3) is 4.42. The summed E-state index contributed by atoms with van der Waals surface area (Å²) in [5, 5.41) is 10.8. The van der Waals surface area contributed by atoms with Gasteiger partial charge in [0, 0.05) is 29.6 Å². The van der Waals surface area contributed by atoms with Gasteiger partial charge in [0.1, 0.15) is 5.82 Å². The van der Waals surface area contributed by atoms with Crippen molar-refractivity contribution < 1.29 is 14.0 Å². The maximum atomic E-state index is 13.2. The highest BCUT2D eigenvalue weighted by molar-refractivity contribution is 8.01. The third-order valence-corrected chi connectivity index (χ3v) is 5.80. The van der Waals surface area contributed by atoms with Gasteiger partial charge in [-0.15, -0.1) is 10.2 Å². The Bertz CT molecular complexity index is 995. The first kappa shape index (κ1) is 19.2. The Kier molecular flexibility index (Phi) is 5.71. The van der Waals surface area contributed by atoms with Gasteiger partial charge in [-0.2, -0.15) is 0 Å². The molecular formula is C18H17FN4O2S2. The lowest BCUT2D eigenvalue weighted by Crippen LogP contribution is -2.05. The molecule has 0 saturated heterocycles. The second-order valence-corrected chi connectivity index (χ2v) is 8.06. The summed E-state index contributed by atoms with van der Waals surface area (Å²) >= 11 is 2.50. The fourth-order valence-corrected chi connectivity index (χ4v) is 4.39. The van der Waals surface area contributed by atoms with Crippen LogP contribution in [0.4, 0.5) is 9.52 Å². The molecule has 6 nitrogen and oxygen atoms in total. The van der Waals surface area contributed by atoms with Gasteiger partial charge in [-0.3, -0.25) is 9.59 Å². The first-order valence-electron chi connectivity index (χ1n) is 8.07. The van der Waals surface area contributed by atoms with Crippen molar-refractivity contribution in [3.8, 4) is 5.69 Å². The molecule has 0 bridgehead atoms. The molecule has 9 heteroatoms. The Labute approximate surface area is 163 Å². The number of amides is 1. The second-order valence-electron chi connectivity index (χ2n) is 5.86. The standard InChI is InChI=1S/C18H17FN4O2S2/c1-10-8-15(11(2)23(10)14-6-4-13(19)5-7-14)16(25)9-26-18-22-21-17(27-18)20-12(3)24/h4-8H,9H2,1-3H3,(H,20,21,24). The summed E-state index contributed by atoms with van der Waals surface area (Å²) in [5.41, 5.74) is 3.13. The molecule has 0 aliphatic heterocycles. The third-order valence-electron chi connectivity index (χ3n) is 3.83.